The first-order valence-corrected chi connectivity index (χ1v) is 12.1. The van der Waals surface area contributed by atoms with Crippen LogP contribution in [0, 0.1) is 5.82 Å². The number of benzene rings is 1. The molecular formula is C25H25ClFN5O2. The maximum atomic E-state index is 14.9. The van der Waals surface area contributed by atoms with Crippen LogP contribution in [-0.2, 0) is 11.2 Å². The Labute approximate surface area is 201 Å². The van der Waals surface area contributed by atoms with E-state index in [2.05, 4.69) is 11.3 Å². The van der Waals surface area contributed by atoms with E-state index in [0.29, 0.717) is 65.4 Å². The Bertz CT molecular complexity index is 1270. The van der Waals surface area contributed by atoms with Gasteiger partial charge in [-0.1, -0.05) is 11.6 Å². The summed E-state index contributed by atoms with van der Waals surface area (Å²) in [7, 11) is 1.76. The summed E-state index contributed by atoms with van der Waals surface area (Å²) >= 11 is 5.99. The number of carbonyl (C=O) groups excluding carboxylic acids is 1. The highest BCUT2D eigenvalue weighted by molar-refractivity contribution is 6.30. The molecule has 3 aromatic rings. The summed E-state index contributed by atoms with van der Waals surface area (Å²) < 4.78 is 23.0. The Balaban J connectivity index is 1.38. The number of carbonyl (C=O) groups is 1. The van der Waals surface area contributed by atoms with Gasteiger partial charge >= 0.3 is 0 Å². The Morgan fingerprint density at radius 1 is 1.18 bits per heavy atom. The summed E-state index contributed by atoms with van der Waals surface area (Å²) in [6, 6.07) is 5.07. The SMILES string of the molecule is CN1CCc2c(nc(C3CCOC(c4cnn(C5CC5)c4)C3)nc2-c2ccc(Cl)cc2F)C1=O. The number of nitrogens with zero attached hydrogens (tertiary/aromatic N) is 5. The average Bonchev–Trinajstić information content (AvgIpc) is 3.57. The summed E-state index contributed by atoms with van der Waals surface area (Å²) in [5.74, 6) is -0.0602. The van der Waals surface area contributed by atoms with E-state index in [1.165, 1.54) is 18.9 Å². The molecule has 1 saturated carbocycles. The number of fused-ring (bicyclic) bond motifs is 1. The lowest BCUT2D eigenvalue weighted by Crippen LogP contribution is -2.36. The third kappa shape index (κ3) is 3.88. The zero-order valence-electron chi connectivity index (χ0n) is 18.9. The zero-order valence-corrected chi connectivity index (χ0v) is 19.6. The van der Waals surface area contributed by atoms with Gasteiger partial charge in [-0.3, -0.25) is 9.48 Å². The molecule has 0 radical (unpaired) electrons. The topological polar surface area (TPSA) is 73.1 Å². The van der Waals surface area contributed by atoms with E-state index in [-0.39, 0.29) is 17.9 Å². The molecule has 3 aliphatic rings. The fourth-order valence-electron chi connectivity index (χ4n) is 4.89. The Morgan fingerprint density at radius 3 is 2.79 bits per heavy atom. The highest BCUT2D eigenvalue weighted by Crippen LogP contribution is 2.40. The third-order valence-electron chi connectivity index (χ3n) is 7.02. The lowest BCUT2D eigenvalue weighted by Gasteiger charge is -2.30. The van der Waals surface area contributed by atoms with Crippen molar-refractivity contribution in [3.05, 3.63) is 64.1 Å². The van der Waals surface area contributed by atoms with Crippen LogP contribution >= 0.6 is 11.6 Å². The second-order valence-corrected chi connectivity index (χ2v) is 9.86. The van der Waals surface area contributed by atoms with E-state index in [9.17, 15) is 9.18 Å². The van der Waals surface area contributed by atoms with E-state index >= 15 is 0 Å². The maximum absolute atomic E-state index is 14.9. The average molecular weight is 482 g/mol. The fourth-order valence-corrected chi connectivity index (χ4v) is 5.04. The molecule has 7 nitrogen and oxygen atoms in total. The van der Waals surface area contributed by atoms with Crippen molar-refractivity contribution in [2.24, 2.45) is 0 Å². The third-order valence-corrected chi connectivity index (χ3v) is 7.26. The number of amides is 1. The molecule has 176 valence electrons. The van der Waals surface area contributed by atoms with Crippen LogP contribution in [0.2, 0.25) is 5.02 Å². The molecule has 34 heavy (non-hydrogen) atoms. The van der Waals surface area contributed by atoms with Gasteiger partial charge < -0.3 is 9.64 Å². The number of aromatic nitrogens is 4. The second-order valence-electron chi connectivity index (χ2n) is 9.42. The summed E-state index contributed by atoms with van der Waals surface area (Å²) in [5.41, 5.74) is 2.95. The molecule has 2 unspecified atom stereocenters. The lowest BCUT2D eigenvalue weighted by atomic mass is 9.91. The van der Waals surface area contributed by atoms with Crippen molar-refractivity contribution >= 4 is 17.5 Å². The molecular weight excluding hydrogens is 457 g/mol. The van der Waals surface area contributed by atoms with Gasteiger partial charge in [0.2, 0.25) is 0 Å². The molecule has 2 aliphatic heterocycles. The second kappa shape index (κ2) is 8.43. The first-order valence-electron chi connectivity index (χ1n) is 11.8. The molecule has 4 heterocycles. The van der Waals surface area contributed by atoms with Crippen molar-refractivity contribution in [2.75, 3.05) is 20.2 Å². The predicted octanol–water partition coefficient (Wildman–Crippen LogP) is 4.73. The molecule has 2 fully saturated rings. The van der Waals surface area contributed by atoms with Crippen molar-refractivity contribution in [2.45, 2.75) is 50.2 Å². The monoisotopic (exact) mass is 481 g/mol. The van der Waals surface area contributed by atoms with Gasteiger partial charge in [0.15, 0.2) is 0 Å². The van der Waals surface area contributed by atoms with Crippen LogP contribution in [0.5, 0.6) is 0 Å². The molecule has 2 aromatic heterocycles. The molecule has 2 atom stereocenters. The number of rotatable bonds is 4. The molecule has 0 bridgehead atoms. The van der Waals surface area contributed by atoms with Gasteiger partial charge in [0.25, 0.3) is 5.91 Å². The zero-order chi connectivity index (χ0) is 23.4. The number of ether oxygens (including phenoxy) is 1. The molecule has 1 aromatic carbocycles. The molecule has 1 aliphatic carbocycles. The van der Waals surface area contributed by atoms with Gasteiger partial charge in [0.05, 0.1) is 24.0 Å². The minimum absolute atomic E-state index is 0.0116. The molecule has 0 spiro atoms. The first-order chi connectivity index (χ1) is 16.5. The van der Waals surface area contributed by atoms with Crippen LogP contribution in [0.4, 0.5) is 4.39 Å². The summed E-state index contributed by atoms with van der Waals surface area (Å²) in [4.78, 5) is 24.3. The summed E-state index contributed by atoms with van der Waals surface area (Å²) in [5, 5.41) is 4.82. The summed E-state index contributed by atoms with van der Waals surface area (Å²) in [6.45, 7) is 1.10. The van der Waals surface area contributed by atoms with Gasteiger partial charge in [-0.05, 0) is 50.3 Å². The van der Waals surface area contributed by atoms with Gasteiger partial charge in [0, 0.05) is 54.0 Å². The smallest absolute Gasteiger partial charge is 0.272 e. The van der Waals surface area contributed by atoms with Crippen molar-refractivity contribution < 1.29 is 13.9 Å². The van der Waals surface area contributed by atoms with Crippen LogP contribution in [0.15, 0.2) is 30.6 Å². The van der Waals surface area contributed by atoms with E-state index in [0.717, 1.165) is 12.0 Å². The van der Waals surface area contributed by atoms with Crippen LogP contribution in [0.1, 0.15) is 71.2 Å². The minimum atomic E-state index is -0.455. The number of likely N-dealkylation sites (N-methyl/N-ethyl adjacent to an activating group) is 1. The molecule has 1 saturated heterocycles. The largest absolute Gasteiger partial charge is 0.373 e. The van der Waals surface area contributed by atoms with Crippen molar-refractivity contribution in [1.29, 1.82) is 0 Å². The number of hydrogen-bond acceptors (Lipinski definition) is 5. The van der Waals surface area contributed by atoms with Crippen LogP contribution in [0.25, 0.3) is 11.3 Å². The standard InChI is InChI=1S/C25H25ClFN5O2/c1-31-8-6-19-22(18-5-2-16(26)11-20(18)27)29-24(30-23(19)25(31)33)14-7-9-34-21(10-14)15-12-28-32(13-15)17-3-4-17/h2,5,11-14,17,21H,3-4,6-10H2,1H3. The molecule has 1 amide bonds. The van der Waals surface area contributed by atoms with Gasteiger partial charge in [0.1, 0.15) is 17.3 Å². The van der Waals surface area contributed by atoms with Gasteiger partial charge in [-0.15, -0.1) is 0 Å². The van der Waals surface area contributed by atoms with E-state index in [1.54, 1.807) is 24.1 Å². The number of hydrogen-bond donors (Lipinski definition) is 0. The van der Waals surface area contributed by atoms with Crippen LogP contribution < -0.4 is 0 Å². The summed E-state index contributed by atoms with van der Waals surface area (Å²) in [6.07, 6.45) is 8.18. The highest BCUT2D eigenvalue weighted by Gasteiger charge is 2.34. The van der Waals surface area contributed by atoms with Crippen LogP contribution in [0.3, 0.4) is 0 Å². The van der Waals surface area contributed by atoms with Crippen molar-refractivity contribution in [3.63, 3.8) is 0 Å². The maximum Gasteiger partial charge on any atom is 0.272 e. The highest BCUT2D eigenvalue weighted by atomic mass is 35.5. The van der Waals surface area contributed by atoms with E-state index in [1.807, 2.05) is 10.9 Å². The fraction of sp³-hybridized carbons (Fsp3) is 0.440. The van der Waals surface area contributed by atoms with E-state index < -0.39 is 5.82 Å². The quantitative estimate of drug-likeness (QED) is 0.538. The lowest BCUT2D eigenvalue weighted by molar-refractivity contribution is 0.00387. The Morgan fingerprint density at radius 2 is 2.00 bits per heavy atom. The first kappa shape index (κ1) is 21.7. The number of halogens is 2. The van der Waals surface area contributed by atoms with Gasteiger partial charge in [-0.25, -0.2) is 14.4 Å². The van der Waals surface area contributed by atoms with E-state index in [4.69, 9.17) is 26.3 Å². The molecule has 9 heteroatoms. The predicted molar refractivity (Wildman–Crippen MR) is 124 cm³/mol. The van der Waals surface area contributed by atoms with Crippen molar-refractivity contribution in [1.82, 2.24) is 24.6 Å². The Hall–Kier alpha value is -2.84. The molecule has 6 rings (SSSR count). The molecule has 0 N–H and O–H groups in total. The van der Waals surface area contributed by atoms with Crippen molar-refractivity contribution in [3.8, 4) is 11.3 Å². The Kier molecular flexibility index (Phi) is 5.37. The minimum Gasteiger partial charge on any atom is -0.373 e. The normalized spacial score (nSPS) is 22.7. The van der Waals surface area contributed by atoms with Crippen LogP contribution in [-0.4, -0.2) is 50.8 Å². The van der Waals surface area contributed by atoms with Gasteiger partial charge in [-0.2, -0.15) is 5.10 Å².